The van der Waals surface area contributed by atoms with Crippen LogP contribution in [-0.2, 0) is 4.79 Å². The fraction of sp³-hybridized carbons (Fsp3) is 0.462. The summed E-state index contributed by atoms with van der Waals surface area (Å²) in [5.41, 5.74) is 5.70. The number of carbonyl (C=O) groups excluding carboxylic acids is 1. The second kappa shape index (κ2) is 5.59. The number of rotatable bonds is 4. The number of nitrogens with zero attached hydrogens (tertiary/aromatic N) is 1. The normalized spacial score (nSPS) is 17.2. The quantitative estimate of drug-likeness (QED) is 0.904. The van der Waals surface area contributed by atoms with Gasteiger partial charge in [-0.15, -0.1) is 0 Å². The van der Waals surface area contributed by atoms with E-state index in [1.54, 1.807) is 11.0 Å². The molecule has 0 radical (unpaired) electrons. The van der Waals surface area contributed by atoms with Gasteiger partial charge in [0.25, 0.3) is 0 Å². The molecule has 0 aliphatic carbocycles. The number of amides is 1. The average molecular weight is 269 g/mol. The minimum atomic E-state index is -0.397. The van der Waals surface area contributed by atoms with E-state index < -0.39 is 6.04 Å². The minimum absolute atomic E-state index is 0.00323. The Hall–Kier alpha value is -1.26. The molecule has 0 spiro atoms. The summed E-state index contributed by atoms with van der Waals surface area (Å²) in [5.74, 6) is 0.660. The number of benzene rings is 1. The van der Waals surface area contributed by atoms with Gasteiger partial charge in [0, 0.05) is 0 Å². The van der Waals surface area contributed by atoms with Crippen LogP contribution in [0, 0.1) is 0 Å². The Kier molecular flexibility index (Phi) is 4.09. The molecule has 0 unspecified atom stereocenters. The van der Waals surface area contributed by atoms with Gasteiger partial charge >= 0.3 is 0 Å². The van der Waals surface area contributed by atoms with Gasteiger partial charge in [-0.3, -0.25) is 4.79 Å². The van der Waals surface area contributed by atoms with Crippen molar-refractivity contribution in [3.8, 4) is 5.75 Å². The number of hydrogen-bond donors (Lipinski definition) is 1. The Bertz CT molecular complexity index is 433. The first kappa shape index (κ1) is 13.2. The first-order chi connectivity index (χ1) is 8.61. The molecule has 4 nitrogen and oxygen atoms in total. The molecule has 1 aliphatic heterocycles. The lowest BCUT2D eigenvalue weighted by Crippen LogP contribution is -2.59. The summed E-state index contributed by atoms with van der Waals surface area (Å²) in [6.07, 6.45) is 0.670. The van der Waals surface area contributed by atoms with E-state index in [-0.39, 0.29) is 12.0 Å². The maximum Gasteiger partial charge on any atom is 0.239 e. The highest BCUT2D eigenvalue weighted by molar-refractivity contribution is 6.32. The third-order valence-corrected chi connectivity index (χ3v) is 3.36. The summed E-state index contributed by atoms with van der Waals surface area (Å²) in [4.78, 5) is 13.5. The molecule has 1 aliphatic rings. The molecule has 1 amide bonds. The van der Waals surface area contributed by atoms with Crippen LogP contribution in [-0.4, -0.2) is 36.0 Å². The van der Waals surface area contributed by atoms with Crippen LogP contribution in [0.1, 0.15) is 13.3 Å². The van der Waals surface area contributed by atoms with E-state index in [1.165, 1.54) is 0 Å². The zero-order chi connectivity index (χ0) is 13.1. The molecule has 1 fully saturated rings. The maximum atomic E-state index is 11.7. The maximum absolute atomic E-state index is 11.7. The highest BCUT2D eigenvalue weighted by atomic mass is 35.5. The van der Waals surface area contributed by atoms with E-state index in [9.17, 15) is 4.79 Å². The Morgan fingerprint density at radius 1 is 1.56 bits per heavy atom. The lowest BCUT2D eigenvalue weighted by molar-refractivity contribution is -0.141. The molecule has 98 valence electrons. The smallest absolute Gasteiger partial charge is 0.239 e. The van der Waals surface area contributed by atoms with E-state index in [1.807, 2.05) is 25.1 Å². The molecule has 1 aromatic carbocycles. The van der Waals surface area contributed by atoms with Gasteiger partial charge in [0.15, 0.2) is 0 Å². The number of nitrogens with two attached hydrogens (primary N) is 1. The topological polar surface area (TPSA) is 55.6 Å². The van der Waals surface area contributed by atoms with E-state index in [0.717, 1.165) is 0 Å². The molecule has 0 aromatic heterocycles. The second-order valence-electron chi connectivity index (χ2n) is 4.43. The van der Waals surface area contributed by atoms with Gasteiger partial charge in [-0.05, 0) is 18.6 Å². The molecule has 5 heteroatoms. The largest absolute Gasteiger partial charge is 0.485 e. The highest BCUT2D eigenvalue weighted by Crippen LogP contribution is 2.26. The predicted octanol–water partition coefficient (Wildman–Crippen LogP) is 1.67. The molecular formula is C13H17ClN2O2. The van der Waals surface area contributed by atoms with Crippen LogP contribution >= 0.6 is 11.6 Å². The van der Waals surface area contributed by atoms with Gasteiger partial charge in [-0.2, -0.15) is 0 Å². The number of hydrogen-bond acceptors (Lipinski definition) is 3. The number of halogens is 1. The van der Waals surface area contributed by atoms with Crippen molar-refractivity contribution < 1.29 is 9.53 Å². The van der Waals surface area contributed by atoms with Gasteiger partial charge in [0.05, 0.1) is 24.2 Å². The van der Waals surface area contributed by atoms with E-state index >= 15 is 0 Å². The Morgan fingerprint density at radius 3 is 2.83 bits per heavy atom. The minimum Gasteiger partial charge on any atom is -0.485 e. The third-order valence-electron chi connectivity index (χ3n) is 3.05. The average Bonchev–Trinajstić information content (AvgIpc) is 2.33. The van der Waals surface area contributed by atoms with E-state index in [0.29, 0.717) is 30.3 Å². The number of likely N-dealkylation sites (tertiary alicyclic amines) is 1. The highest BCUT2D eigenvalue weighted by Gasteiger charge is 2.34. The summed E-state index contributed by atoms with van der Waals surface area (Å²) in [6, 6.07) is 6.93. The molecule has 1 aromatic rings. The van der Waals surface area contributed by atoms with Crippen molar-refractivity contribution in [1.82, 2.24) is 4.90 Å². The molecule has 2 N–H and O–H groups in total. The molecule has 0 bridgehead atoms. The van der Waals surface area contributed by atoms with Gasteiger partial charge in [0.2, 0.25) is 5.91 Å². The van der Waals surface area contributed by atoms with E-state index in [2.05, 4.69) is 0 Å². The second-order valence-corrected chi connectivity index (χ2v) is 4.84. The first-order valence-corrected chi connectivity index (χ1v) is 6.45. The van der Waals surface area contributed by atoms with Crippen molar-refractivity contribution in [2.24, 2.45) is 5.73 Å². The Balaban J connectivity index is 1.84. The number of ether oxygens (including phenoxy) is 1. The summed E-state index contributed by atoms with van der Waals surface area (Å²) in [7, 11) is 0. The van der Waals surface area contributed by atoms with Crippen molar-refractivity contribution in [2.75, 3.05) is 13.1 Å². The lowest BCUT2D eigenvalue weighted by Gasteiger charge is -2.40. The fourth-order valence-electron chi connectivity index (χ4n) is 1.82. The van der Waals surface area contributed by atoms with Crippen LogP contribution in [0.4, 0.5) is 0 Å². The fourth-order valence-corrected chi connectivity index (χ4v) is 2.00. The Morgan fingerprint density at radius 2 is 2.22 bits per heavy atom. The monoisotopic (exact) mass is 268 g/mol. The SMILES string of the molecule is CC[C@@H](N)C(=O)N1CC(Oc2ccccc2Cl)C1. The van der Waals surface area contributed by atoms with Crippen molar-refractivity contribution >= 4 is 17.5 Å². The summed E-state index contributed by atoms with van der Waals surface area (Å²) in [5, 5.41) is 0.590. The summed E-state index contributed by atoms with van der Waals surface area (Å²) in [6.45, 7) is 3.07. The molecule has 1 heterocycles. The number of carbonyl (C=O) groups is 1. The molecule has 1 saturated heterocycles. The zero-order valence-corrected chi connectivity index (χ0v) is 11.1. The van der Waals surface area contributed by atoms with Crippen molar-refractivity contribution in [3.63, 3.8) is 0 Å². The van der Waals surface area contributed by atoms with Crippen LogP contribution in [0.3, 0.4) is 0 Å². The van der Waals surface area contributed by atoms with Crippen LogP contribution in [0.25, 0.3) is 0 Å². The van der Waals surface area contributed by atoms with Gasteiger partial charge in [0.1, 0.15) is 11.9 Å². The number of para-hydroxylation sites is 1. The van der Waals surface area contributed by atoms with Crippen molar-refractivity contribution in [3.05, 3.63) is 29.3 Å². The van der Waals surface area contributed by atoms with Gasteiger partial charge in [-0.25, -0.2) is 0 Å². The van der Waals surface area contributed by atoms with Crippen LogP contribution < -0.4 is 10.5 Å². The van der Waals surface area contributed by atoms with Crippen LogP contribution in [0.5, 0.6) is 5.75 Å². The van der Waals surface area contributed by atoms with Crippen molar-refractivity contribution in [1.29, 1.82) is 0 Å². The van der Waals surface area contributed by atoms with Gasteiger partial charge < -0.3 is 15.4 Å². The first-order valence-electron chi connectivity index (χ1n) is 6.07. The summed E-state index contributed by atoms with van der Waals surface area (Å²) < 4.78 is 5.71. The summed E-state index contributed by atoms with van der Waals surface area (Å²) >= 11 is 6.00. The molecular weight excluding hydrogens is 252 g/mol. The van der Waals surface area contributed by atoms with Gasteiger partial charge in [-0.1, -0.05) is 30.7 Å². The van der Waals surface area contributed by atoms with Crippen molar-refractivity contribution in [2.45, 2.75) is 25.5 Å². The molecule has 18 heavy (non-hydrogen) atoms. The standard InChI is InChI=1S/C13H17ClN2O2/c1-2-11(15)13(17)16-7-9(8-16)18-12-6-4-3-5-10(12)14/h3-6,9,11H,2,7-8,15H2,1H3/t11-/m1/s1. The zero-order valence-electron chi connectivity index (χ0n) is 10.3. The predicted molar refractivity (Wildman–Crippen MR) is 70.7 cm³/mol. The molecule has 2 rings (SSSR count). The third kappa shape index (κ3) is 2.76. The molecule has 0 saturated carbocycles. The Labute approximate surface area is 112 Å². The van der Waals surface area contributed by atoms with Crippen LogP contribution in [0.2, 0.25) is 5.02 Å². The lowest BCUT2D eigenvalue weighted by atomic mass is 10.1. The van der Waals surface area contributed by atoms with E-state index in [4.69, 9.17) is 22.1 Å². The molecule has 1 atom stereocenters. The van der Waals surface area contributed by atoms with Crippen LogP contribution in [0.15, 0.2) is 24.3 Å².